The standard InChI is InChI=1S/C23H27F3N4O3S/c24-23(25,26)19-8-9-21(27-17-19)28-12-14-29(15-13-28)22(31)18-6-5-7-20(16-18)34(32,33)30-10-3-1-2-4-11-30/h5-9,16-17H,1-4,10-15H2. The number of sulfonamides is 1. The number of hydrogen-bond acceptors (Lipinski definition) is 5. The summed E-state index contributed by atoms with van der Waals surface area (Å²) in [4.78, 5) is 20.5. The highest BCUT2D eigenvalue weighted by molar-refractivity contribution is 7.89. The number of halogens is 3. The summed E-state index contributed by atoms with van der Waals surface area (Å²) in [5, 5.41) is 0. The zero-order chi connectivity index (χ0) is 24.3. The molecule has 3 heterocycles. The average Bonchev–Trinajstić information content (AvgIpc) is 3.14. The molecular weight excluding hydrogens is 469 g/mol. The molecule has 7 nitrogen and oxygen atoms in total. The molecule has 0 spiro atoms. The lowest BCUT2D eigenvalue weighted by molar-refractivity contribution is -0.137. The van der Waals surface area contributed by atoms with Gasteiger partial charge in [-0.3, -0.25) is 4.79 Å². The highest BCUT2D eigenvalue weighted by atomic mass is 32.2. The zero-order valence-electron chi connectivity index (χ0n) is 18.7. The van der Waals surface area contributed by atoms with Crippen LogP contribution >= 0.6 is 0 Å². The van der Waals surface area contributed by atoms with Gasteiger partial charge in [-0.15, -0.1) is 0 Å². The van der Waals surface area contributed by atoms with Gasteiger partial charge in [-0.1, -0.05) is 18.9 Å². The fraction of sp³-hybridized carbons (Fsp3) is 0.478. The van der Waals surface area contributed by atoms with Crippen LogP contribution in [0.15, 0.2) is 47.5 Å². The lowest BCUT2D eigenvalue weighted by atomic mass is 10.2. The Bertz CT molecular complexity index is 1110. The first kappa shape index (κ1) is 24.5. The molecule has 0 saturated carbocycles. The Balaban J connectivity index is 1.41. The van der Waals surface area contributed by atoms with Crippen molar-refractivity contribution in [1.29, 1.82) is 0 Å². The molecule has 34 heavy (non-hydrogen) atoms. The summed E-state index contributed by atoms with van der Waals surface area (Å²) >= 11 is 0. The molecule has 1 aromatic heterocycles. The van der Waals surface area contributed by atoms with Gasteiger partial charge < -0.3 is 9.80 Å². The molecule has 0 N–H and O–H groups in total. The fourth-order valence-electron chi connectivity index (χ4n) is 4.28. The predicted molar refractivity (Wildman–Crippen MR) is 121 cm³/mol. The molecule has 0 unspecified atom stereocenters. The number of carbonyl (C=O) groups is 1. The number of pyridine rings is 1. The van der Waals surface area contributed by atoms with E-state index in [1.807, 2.05) is 4.90 Å². The fourth-order valence-corrected chi connectivity index (χ4v) is 5.85. The summed E-state index contributed by atoms with van der Waals surface area (Å²) < 4.78 is 65.9. The van der Waals surface area contributed by atoms with E-state index in [-0.39, 0.29) is 10.8 Å². The van der Waals surface area contributed by atoms with Gasteiger partial charge in [0.15, 0.2) is 0 Å². The number of hydrogen-bond donors (Lipinski definition) is 0. The number of rotatable bonds is 4. The highest BCUT2D eigenvalue weighted by Crippen LogP contribution is 2.29. The second kappa shape index (κ2) is 9.91. The first-order valence-electron chi connectivity index (χ1n) is 11.3. The van der Waals surface area contributed by atoms with Crippen LogP contribution in [0.2, 0.25) is 0 Å². The number of piperazine rings is 1. The van der Waals surface area contributed by atoms with Crippen LogP contribution in [0, 0.1) is 0 Å². The van der Waals surface area contributed by atoms with E-state index in [9.17, 15) is 26.4 Å². The molecule has 4 rings (SSSR count). The molecule has 2 aliphatic rings. The quantitative estimate of drug-likeness (QED) is 0.647. The second-order valence-corrected chi connectivity index (χ2v) is 10.5. The van der Waals surface area contributed by atoms with E-state index in [0.717, 1.165) is 37.9 Å². The number of carbonyl (C=O) groups excluding carboxylic acids is 1. The van der Waals surface area contributed by atoms with Gasteiger partial charge in [-0.2, -0.15) is 17.5 Å². The zero-order valence-corrected chi connectivity index (χ0v) is 19.5. The van der Waals surface area contributed by atoms with Crippen molar-refractivity contribution in [3.63, 3.8) is 0 Å². The van der Waals surface area contributed by atoms with Crippen LogP contribution in [-0.4, -0.2) is 67.8 Å². The van der Waals surface area contributed by atoms with Crippen LogP contribution in [0.1, 0.15) is 41.6 Å². The minimum atomic E-state index is -4.44. The van der Waals surface area contributed by atoms with Crippen molar-refractivity contribution in [3.05, 3.63) is 53.7 Å². The van der Waals surface area contributed by atoms with Gasteiger partial charge in [-0.05, 0) is 43.2 Å². The number of benzene rings is 1. The molecule has 0 atom stereocenters. The average molecular weight is 497 g/mol. The maximum absolute atomic E-state index is 13.1. The third-order valence-electron chi connectivity index (χ3n) is 6.25. The van der Waals surface area contributed by atoms with Crippen molar-refractivity contribution in [2.75, 3.05) is 44.2 Å². The number of amides is 1. The van der Waals surface area contributed by atoms with Crippen LogP contribution in [-0.2, 0) is 16.2 Å². The Kier molecular flexibility index (Phi) is 7.13. The van der Waals surface area contributed by atoms with Crippen LogP contribution in [0.25, 0.3) is 0 Å². The first-order chi connectivity index (χ1) is 16.2. The molecule has 2 aliphatic heterocycles. The summed E-state index contributed by atoms with van der Waals surface area (Å²) in [5.41, 5.74) is -0.503. The molecule has 0 bridgehead atoms. The van der Waals surface area contributed by atoms with Crippen molar-refractivity contribution in [1.82, 2.24) is 14.2 Å². The molecule has 1 amide bonds. The van der Waals surface area contributed by atoms with Crippen molar-refractivity contribution < 1.29 is 26.4 Å². The lowest BCUT2D eigenvalue weighted by Crippen LogP contribution is -2.49. The third kappa shape index (κ3) is 5.35. The van der Waals surface area contributed by atoms with E-state index in [4.69, 9.17) is 0 Å². The van der Waals surface area contributed by atoms with Crippen LogP contribution in [0.5, 0.6) is 0 Å². The minimum absolute atomic E-state index is 0.118. The molecule has 0 aliphatic carbocycles. The highest BCUT2D eigenvalue weighted by Gasteiger charge is 2.31. The van der Waals surface area contributed by atoms with E-state index < -0.39 is 21.8 Å². The molecule has 11 heteroatoms. The molecule has 2 saturated heterocycles. The Labute approximate surface area is 197 Å². The number of alkyl halides is 3. The summed E-state index contributed by atoms with van der Waals surface area (Å²) in [7, 11) is -3.66. The van der Waals surface area contributed by atoms with Crippen LogP contribution in [0.3, 0.4) is 0 Å². The molecule has 184 valence electrons. The van der Waals surface area contributed by atoms with Gasteiger partial charge in [0.25, 0.3) is 5.91 Å². The third-order valence-corrected chi connectivity index (χ3v) is 8.14. The number of anilines is 1. The maximum atomic E-state index is 13.1. The lowest BCUT2D eigenvalue weighted by Gasteiger charge is -2.35. The van der Waals surface area contributed by atoms with E-state index in [0.29, 0.717) is 50.6 Å². The Morgan fingerprint density at radius 3 is 2.15 bits per heavy atom. The van der Waals surface area contributed by atoms with E-state index in [1.165, 1.54) is 22.5 Å². The second-order valence-electron chi connectivity index (χ2n) is 8.53. The normalized spacial score (nSPS) is 18.6. The number of nitrogens with zero attached hydrogens (tertiary/aromatic N) is 4. The summed E-state index contributed by atoms with van der Waals surface area (Å²) in [6, 6.07) is 8.47. The van der Waals surface area contributed by atoms with E-state index in [1.54, 1.807) is 17.0 Å². The Hall–Kier alpha value is -2.66. The van der Waals surface area contributed by atoms with Crippen LogP contribution < -0.4 is 4.90 Å². The smallest absolute Gasteiger partial charge is 0.353 e. The van der Waals surface area contributed by atoms with Crippen LogP contribution in [0.4, 0.5) is 19.0 Å². The van der Waals surface area contributed by atoms with Gasteiger partial charge in [0, 0.05) is 51.0 Å². The molecule has 2 aromatic rings. The topological polar surface area (TPSA) is 73.8 Å². The van der Waals surface area contributed by atoms with Gasteiger partial charge in [-0.25, -0.2) is 13.4 Å². The minimum Gasteiger partial charge on any atom is -0.353 e. The first-order valence-corrected chi connectivity index (χ1v) is 12.8. The summed E-state index contributed by atoms with van der Waals surface area (Å²) in [6.45, 7) is 2.50. The molecule has 0 radical (unpaired) electrons. The van der Waals surface area contributed by atoms with Gasteiger partial charge in [0.1, 0.15) is 5.82 Å². The van der Waals surface area contributed by atoms with Crippen molar-refractivity contribution >= 4 is 21.7 Å². The van der Waals surface area contributed by atoms with Crippen molar-refractivity contribution in [2.24, 2.45) is 0 Å². The van der Waals surface area contributed by atoms with Crippen molar-refractivity contribution in [2.45, 2.75) is 36.8 Å². The largest absolute Gasteiger partial charge is 0.417 e. The summed E-state index contributed by atoms with van der Waals surface area (Å²) in [6.07, 6.45) is 0.0534. The SMILES string of the molecule is O=C(c1cccc(S(=O)(=O)N2CCCCCC2)c1)N1CCN(c2ccc(C(F)(F)F)cn2)CC1. The van der Waals surface area contributed by atoms with Gasteiger partial charge in [0.2, 0.25) is 10.0 Å². The van der Waals surface area contributed by atoms with E-state index in [2.05, 4.69) is 4.98 Å². The molecule has 1 aromatic carbocycles. The van der Waals surface area contributed by atoms with Crippen molar-refractivity contribution in [3.8, 4) is 0 Å². The van der Waals surface area contributed by atoms with Gasteiger partial charge >= 0.3 is 6.18 Å². The summed E-state index contributed by atoms with van der Waals surface area (Å²) in [5.74, 6) is 0.151. The van der Waals surface area contributed by atoms with Gasteiger partial charge in [0.05, 0.1) is 10.5 Å². The Morgan fingerprint density at radius 2 is 1.56 bits per heavy atom. The monoisotopic (exact) mass is 496 g/mol. The molecule has 2 fully saturated rings. The number of aromatic nitrogens is 1. The Morgan fingerprint density at radius 1 is 0.882 bits per heavy atom. The predicted octanol–water partition coefficient (Wildman–Crippen LogP) is 3.63. The molecular formula is C23H27F3N4O3S. The van der Waals surface area contributed by atoms with E-state index >= 15 is 0 Å². The maximum Gasteiger partial charge on any atom is 0.417 e.